The fraction of sp³-hybridized carbons (Fsp3) is 0. The highest BCUT2D eigenvalue weighted by molar-refractivity contribution is 6.18. The Morgan fingerprint density at radius 2 is 0.821 bits per heavy atom. The van der Waals surface area contributed by atoms with Crippen molar-refractivity contribution in [2.45, 2.75) is 0 Å². The number of hydrogen-bond donors (Lipinski definition) is 0. The maximum atomic E-state index is 2.41. The zero-order valence-electron chi connectivity index (χ0n) is 30.7. The van der Waals surface area contributed by atoms with Gasteiger partial charge in [0.05, 0.1) is 16.7 Å². The molecule has 262 valence electrons. The van der Waals surface area contributed by atoms with Gasteiger partial charge < -0.3 is 9.47 Å². The Morgan fingerprint density at radius 1 is 0.304 bits per heavy atom. The van der Waals surface area contributed by atoms with Crippen molar-refractivity contribution in [1.82, 2.24) is 4.57 Å². The molecule has 0 unspecified atom stereocenters. The lowest BCUT2D eigenvalue weighted by atomic mass is 9.96. The van der Waals surface area contributed by atoms with Crippen molar-refractivity contribution in [3.63, 3.8) is 0 Å². The van der Waals surface area contributed by atoms with Crippen LogP contribution in [0.1, 0.15) is 0 Å². The van der Waals surface area contributed by atoms with Gasteiger partial charge in [-0.3, -0.25) is 0 Å². The first-order chi connectivity index (χ1) is 27.8. The van der Waals surface area contributed by atoms with Gasteiger partial charge in [-0.15, -0.1) is 0 Å². The van der Waals surface area contributed by atoms with Crippen molar-refractivity contribution in [1.29, 1.82) is 0 Å². The van der Waals surface area contributed by atoms with E-state index in [0.29, 0.717) is 0 Å². The summed E-state index contributed by atoms with van der Waals surface area (Å²) in [7, 11) is 0. The van der Waals surface area contributed by atoms with E-state index in [0.717, 1.165) is 22.7 Å². The Labute approximate surface area is 325 Å². The molecule has 0 radical (unpaired) electrons. The van der Waals surface area contributed by atoms with E-state index in [2.05, 4.69) is 228 Å². The second kappa shape index (κ2) is 13.2. The third-order valence-corrected chi connectivity index (χ3v) is 11.4. The molecule has 0 amide bonds. The summed E-state index contributed by atoms with van der Waals surface area (Å²) in [4.78, 5) is 2.41. The van der Waals surface area contributed by atoms with Crippen LogP contribution >= 0.6 is 0 Å². The molecule has 2 nitrogen and oxygen atoms in total. The molecular weight excluding hydrogens is 677 g/mol. The highest BCUT2D eigenvalue weighted by Gasteiger charge is 2.19. The van der Waals surface area contributed by atoms with Crippen molar-refractivity contribution in [2.24, 2.45) is 0 Å². The maximum absolute atomic E-state index is 2.41. The van der Waals surface area contributed by atoms with E-state index in [1.54, 1.807) is 0 Å². The molecule has 56 heavy (non-hydrogen) atoms. The van der Waals surface area contributed by atoms with E-state index >= 15 is 0 Å². The summed E-state index contributed by atoms with van der Waals surface area (Å²) in [5.41, 5.74) is 11.7. The van der Waals surface area contributed by atoms with Crippen molar-refractivity contribution < 1.29 is 0 Å². The van der Waals surface area contributed by atoms with Crippen LogP contribution in [0.15, 0.2) is 218 Å². The van der Waals surface area contributed by atoms with Crippen molar-refractivity contribution in [3.05, 3.63) is 218 Å². The van der Waals surface area contributed by atoms with E-state index in [1.807, 2.05) is 0 Å². The summed E-state index contributed by atoms with van der Waals surface area (Å²) in [5.74, 6) is 0. The zero-order chi connectivity index (χ0) is 37.0. The zero-order valence-corrected chi connectivity index (χ0v) is 30.7. The van der Waals surface area contributed by atoms with E-state index in [9.17, 15) is 0 Å². The van der Waals surface area contributed by atoms with E-state index in [-0.39, 0.29) is 0 Å². The first-order valence-corrected chi connectivity index (χ1v) is 19.3. The molecule has 0 aliphatic rings. The fourth-order valence-electron chi connectivity index (χ4n) is 8.71. The van der Waals surface area contributed by atoms with Crippen LogP contribution in [0.3, 0.4) is 0 Å². The van der Waals surface area contributed by atoms with Gasteiger partial charge >= 0.3 is 0 Å². The molecule has 1 aromatic heterocycles. The molecule has 10 aromatic carbocycles. The van der Waals surface area contributed by atoms with Crippen molar-refractivity contribution >= 4 is 71.2 Å². The summed E-state index contributed by atoms with van der Waals surface area (Å²) in [6, 6.07) is 79.5. The summed E-state index contributed by atoms with van der Waals surface area (Å²) >= 11 is 0. The lowest BCUT2D eigenvalue weighted by Crippen LogP contribution is -2.11. The second-order valence-corrected chi connectivity index (χ2v) is 14.5. The number of rotatable bonds is 6. The molecule has 0 bridgehead atoms. The van der Waals surface area contributed by atoms with E-state index < -0.39 is 0 Å². The number of fused-ring (bicyclic) bond motifs is 8. The predicted octanol–water partition coefficient (Wildman–Crippen LogP) is 15.0. The molecule has 2 heteroatoms. The Balaban J connectivity index is 1.03. The molecular formula is C54H36N2. The van der Waals surface area contributed by atoms with E-state index in [4.69, 9.17) is 0 Å². The summed E-state index contributed by atoms with van der Waals surface area (Å²) in [6.45, 7) is 0. The lowest BCUT2D eigenvalue weighted by Gasteiger charge is -2.28. The topological polar surface area (TPSA) is 8.17 Å². The number of para-hydroxylation sites is 3. The van der Waals surface area contributed by atoms with Gasteiger partial charge in [0.2, 0.25) is 0 Å². The summed E-state index contributed by atoms with van der Waals surface area (Å²) < 4.78 is 2.37. The van der Waals surface area contributed by atoms with Crippen LogP contribution in [0, 0.1) is 0 Å². The number of hydrogen-bond acceptors (Lipinski definition) is 1. The monoisotopic (exact) mass is 712 g/mol. The van der Waals surface area contributed by atoms with Gasteiger partial charge in [0.1, 0.15) is 0 Å². The minimum Gasteiger partial charge on any atom is -0.310 e. The molecule has 0 saturated carbocycles. The summed E-state index contributed by atoms with van der Waals surface area (Å²) in [5, 5.41) is 10.1. The molecule has 0 spiro atoms. The largest absolute Gasteiger partial charge is 0.310 e. The smallest absolute Gasteiger partial charge is 0.0541 e. The molecule has 11 rings (SSSR count). The van der Waals surface area contributed by atoms with Gasteiger partial charge in [-0.2, -0.15) is 0 Å². The van der Waals surface area contributed by atoms with Crippen molar-refractivity contribution in [3.8, 4) is 27.9 Å². The minimum atomic E-state index is 1.10. The third kappa shape index (κ3) is 5.26. The van der Waals surface area contributed by atoms with Gasteiger partial charge in [-0.1, -0.05) is 164 Å². The standard InChI is InChI=1S/C54H36N2/c1-2-12-39(13-3-1)46-16-6-9-19-52(46)55(44-33-26-41-28-34-47-45-15-5-4-14-40(45)27-35-48(47)51(41)36-44)42-29-22-37(23-30-42)38-24-31-43(32-25-38)56-53-20-10-7-17-49(53)50-18-8-11-21-54(50)56/h1-36H. The van der Waals surface area contributed by atoms with Crippen LogP contribution in [-0.2, 0) is 0 Å². The number of nitrogens with zero attached hydrogens (tertiary/aromatic N) is 2. The van der Waals surface area contributed by atoms with Crippen LogP contribution in [-0.4, -0.2) is 4.57 Å². The summed E-state index contributed by atoms with van der Waals surface area (Å²) in [6.07, 6.45) is 0. The first kappa shape index (κ1) is 32.0. The predicted molar refractivity (Wildman–Crippen MR) is 239 cm³/mol. The number of anilines is 3. The fourth-order valence-corrected chi connectivity index (χ4v) is 8.71. The van der Waals surface area contributed by atoms with E-state index in [1.165, 1.54) is 76.4 Å². The Morgan fingerprint density at radius 3 is 1.54 bits per heavy atom. The molecule has 0 saturated heterocycles. The highest BCUT2D eigenvalue weighted by Crippen LogP contribution is 2.43. The SMILES string of the molecule is c1ccc(-c2ccccc2N(c2ccc(-c3ccc(-n4c5ccccc5c5ccccc54)cc3)cc2)c2ccc3ccc4c5ccccc5ccc4c3c2)cc1. The molecule has 0 aliphatic heterocycles. The molecule has 0 atom stereocenters. The lowest BCUT2D eigenvalue weighted by molar-refractivity contribution is 1.18. The number of benzene rings is 10. The Hall–Kier alpha value is -7.42. The Bertz CT molecular complexity index is 3180. The second-order valence-electron chi connectivity index (χ2n) is 14.5. The normalized spacial score (nSPS) is 11.6. The molecule has 0 aliphatic carbocycles. The van der Waals surface area contributed by atoms with Crippen molar-refractivity contribution in [2.75, 3.05) is 4.90 Å². The van der Waals surface area contributed by atoms with Gasteiger partial charge in [0, 0.05) is 33.4 Å². The van der Waals surface area contributed by atoms with Crippen LogP contribution < -0.4 is 4.90 Å². The Kier molecular flexibility index (Phi) is 7.53. The molecule has 0 N–H and O–H groups in total. The minimum absolute atomic E-state index is 1.10. The van der Waals surface area contributed by atoms with Gasteiger partial charge in [0.15, 0.2) is 0 Å². The molecule has 11 aromatic rings. The van der Waals surface area contributed by atoms with Crippen LogP contribution in [0.4, 0.5) is 17.1 Å². The van der Waals surface area contributed by atoms with Crippen LogP contribution in [0.5, 0.6) is 0 Å². The van der Waals surface area contributed by atoms with Gasteiger partial charge in [-0.05, 0) is 104 Å². The first-order valence-electron chi connectivity index (χ1n) is 19.3. The average Bonchev–Trinajstić information content (AvgIpc) is 3.61. The quantitative estimate of drug-likeness (QED) is 0.156. The van der Waals surface area contributed by atoms with Gasteiger partial charge in [0.25, 0.3) is 0 Å². The number of aromatic nitrogens is 1. The maximum Gasteiger partial charge on any atom is 0.0541 e. The van der Waals surface area contributed by atoms with Crippen LogP contribution in [0.2, 0.25) is 0 Å². The van der Waals surface area contributed by atoms with Crippen LogP contribution in [0.25, 0.3) is 82.1 Å². The molecule has 1 heterocycles. The molecule has 0 fully saturated rings. The van der Waals surface area contributed by atoms with Gasteiger partial charge in [-0.25, -0.2) is 0 Å². The third-order valence-electron chi connectivity index (χ3n) is 11.4. The highest BCUT2D eigenvalue weighted by atomic mass is 15.1. The average molecular weight is 713 g/mol.